The molecule has 150 valence electrons. The van der Waals surface area contributed by atoms with E-state index in [9.17, 15) is 8.42 Å². The quantitative estimate of drug-likeness (QED) is 0.681. The third-order valence-electron chi connectivity index (χ3n) is 4.69. The van der Waals surface area contributed by atoms with Gasteiger partial charge in [-0.05, 0) is 18.2 Å². The van der Waals surface area contributed by atoms with Gasteiger partial charge in [0, 0.05) is 44.5 Å². The molecule has 28 heavy (non-hydrogen) atoms. The lowest BCUT2D eigenvalue weighted by Gasteiger charge is -2.37. The highest BCUT2D eigenvalue weighted by atomic mass is 32.2. The number of nitrogens with zero attached hydrogens (tertiary/aromatic N) is 3. The molecule has 1 aliphatic rings. The fourth-order valence-electron chi connectivity index (χ4n) is 3.30. The van der Waals surface area contributed by atoms with E-state index < -0.39 is 10.0 Å². The smallest absolute Gasteiger partial charge is 0.215 e. The van der Waals surface area contributed by atoms with Crippen molar-refractivity contribution in [1.82, 2.24) is 9.71 Å². The largest absolute Gasteiger partial charge is 0.495 e. The number of hydrogen-bond acceptors (Lipinski definition) is 6. The number of anilines is 2. The summed E-state index contributed by atoms with van der Waals surface area (Å²) in [7, 11) is -1.68. The molecule has 0 aliphatic carbocycles. The van der Waals surface area contributed by atoms with Gasteiger partial charge < -0.3 is 14.5 Å². The maximum Gasteiger partial charge on any atom is 0.215 e. The van der Waals surface area contributed by atoms with Crippen molar-refractivity contribution in [3.05, 3.63) is 60.8 Å². The first kappa shape index (κ1) is 20.2. The molecule has 1 saturated heterocycles. The molecular formula is C20H26N4O3S. The number of nitrogens with one attached hydrogen (secondary N) is 1. The van der Waals surface area contributed by atoms with Crippen molar-refractivity contribution in [1.29, 1.82) is 0 Å². The average molecular weight is 403 g/mol. The second-order valence-electron chi connectivity index (χ2n) is 6.52. The summed E-state index contributed by atoms with van der Waals surface area (Å²) in [6.07, 6.45) is 3.12. The first-order valence-electron chi connectivity index (χ1n) is 9.19. The fraction of sp³-hybridized carbons (Fsp3) is 0.350. The predicted octanol–water partition coefficient (Wildman–Crippen LogP) is 2.02. The molecule has 3 rings (SSSR count). The van der Waals surface area contributed by atoms with Crippen LogP contribution in [-0.4, -0.2) is 52.4 Å². The van der Waals surface area contributed by atoms with Gasteiger partial charge in [0.05, 0.1) is 18.6 Å². The summed E-state index contributed by atoms with van der Waals surface area (Å²) < 4.78 is 31.9. The zero-order valence-electron chi connectivity index (χ0n) is 16.0. The molecule has 1 N–H and O–H groups in total. The van der Waals surface area contributed by atoms with Gasteiger partial charge in [-0.3, -0.25) is 0 Å². The van der Waals surface area contributed by atoms with E-state index in [2.05, 4.69) is 32.2 Å². The van der Waals surface area contributed by atoms with Gasteiger partial charge in [0.25, 0.3) is 0 Å². The Hall–Kier alpha value is -2.58. The lowest BCUT2D eigenvalue weighted by molar-refractivity contribution is 0.413. The van der Waals surface area contributed by atoms with Crippen LogP contribution in [0.5, 0.6) is 5.75 Å². The van der Waals surface area contributed by atoms with Crippen molar-refractivity contribution in [3.63, 3.8) is 0 Å². The molecule has 2 aromatic rings. The minimum absolute atomic E-state index is 0.0970. The van der Waals surface area contributed by atoms with E-state index in [4.69, 9.17) is 4.74 Å². The summed E-state index contributed by atoms with van der Waals surface area (Å²) in [4.78, 5) is 9.00. The molecule has 0 saturated carbocycles. The third-order valence-corrected chi connectivity index (χ3v) is 5.95. The molecule has 2 heterocycles. The van der Waals surface area contributed by atoms with Crippen molar-refractivity contribution in [3.8, 4) is 5.75 Å². The number of pyridine rings is 1. The Kier molecular flexibility index (Phi) is 6.53. The van der Waals surface area contributed by atoms with Crippen molar-refractivity contribution >= 4 is 21.5 Å². The van der Waals surface area contributed by atoms with Crippen LogP contribution in [0.25, 0.3) is 0 Å². The van der Waals surface area contributed by atoms with E-state index >= 15 is 0 Å². The van der Waals surface area contributed by atoms with Crippen LogP contribution in [0.3, 0.4) is 0 Å². The van der Waals surface area contributed by atoms with Crippen LogP contribution < -0.4 is 19.3 Å². The molecule has 8 heteroatoms. The van der Waals surface area contributed by atoms with E-state index in [1.165, 1.54) is 6.08 Å². The van der Waals surface area contributed by atoms with Crippen molar-refractivity contribution in [2.45, 2.75) is 6.54 Å². The van der Waals surface area contributed by atoms with Crippen LogP contribution in [0.15, 0.2) is 55.3 Å². The molecule has 0 atom stereocenters. The standard InChI is InChI=1S/C20H26N4O3S/c1-3-15-28(25,26)22-16-17-7-6-10-21-20(17)24-13-11-23(12-14-24)18-8-4-5-9-19(18)27-2/h3-10,22H,1,11-16H2,2H3. The van der Waals surface area contributed by atoms with Crippen molar-refractivity contribution < 1.29 is 13.2 Å². The number of benzene rings is 1. The molecule has 1 aliphatic heterocycles. The Morgan fingerprint density at radius 3 is 2.57 bits per heavy atom. The third kappa shape index (κ3) is 4.82. The lowest BCUT2D eigenvalue weighted by atomic mass is 10.2. The van der Waals surface area contributed by atoms with Gasteiger partial charge in [-0.2, -0.15) is 0 Å². The van der Waals surface area contributed by atoms with Crippen molar-refractivity contribution in [2.24, 2.45) is 0 Å². The molecule has 1 aromatic carbocycles. The first-order valence-corrected chi connectivity index (χ1v) is 10.8. The number of sulfonamides is 1. The van der Waals surface area contributed by atoms with Gasteiger partial charge in [0.15, 0.2) is 0 Å². The SMILES string of the molecule is C=CCS(=O)(=O)NCc1cccnc1N1CCN(c2ccccc2OC)CC1. The van der Waals surface area contributed by atoms with Gasteiger partial charge >= 0.3 is 0 Å². The molecule has 0 amide bonds. The number of para-hydroxylation sites is 2. The van der Waals surface area contributed by atoms with Crippen LogP contribution >= 0.6 is 0 Å². The highest BCUT2D eigenvalue weighted by Gasteiger charge is 2.22. The zero-order valence-corrected chi connectivity index (χ0v) is 16.9. The maximum absolute atomic E-state index is 11.9. The predicted molar refractivity (Wildman–Crippen MR) is 112 cm³/mol. The molecule has 7 nitrogen and oxygen atoms in total. The number of methoxy groups -OCH3 is 1. The summed E-state index contributed by atoms with van der Waals surface area (Å²) in [6.45, 7) is 6.95. The summed E-state index contributed by atoms with van der Waals surface area (Å²) in [5.41, 5.74) is 1.95. The lowest BCUT2D eigenvalue weighted by Crippen LogP contribution is -2.47. The van der Waals surface area contributed by atoms with E-state index in [0.29, 0.717) is 0 Å². The van der Waals surface area contributed by atoms with Gasteiger partial charge in [0.2, 0.25) is 10.0 Å². The van der Waals surface area contributed by atoms with Crippen molar-refractivity contribution in [2.75, 3.05) is 48.8 Å². The van der Waals surface area contributed by atoms with E-state index in [1.807, 2.05) is 30.3 Å². The topological polar surface area (TPSA) is 74.8 Å². The number of piperazine rings is 1. The highest BCUT2D eigenvalue weighted by molar-refractivity contribution is 7.89. The van der Waals surface area contributed by atoms with Crippen LogP contribution in [0, 0.1) is 0 Å². The van der Waals surface area contributed by atoms with Gasteiger partial charge in [-0.25, -0.2) is 18.1 Å². The van der Waals surface area contributed by atoms with Crippen LogP contribution in [0.2, 0.25) is 0 Å². The molecule has 1 fully saturated rings. The van der Waals surface area contributed by atoms with Crippen LogP contribution in [0.1, 0.15) is 5.56 Å². The van der Waals surface area contributed by atoms with E-state index in [1.54, 1.807) is 13.3 Å². The number of rotatable bonds is 8. The Morgan fingerprint density at radius 2 is 1.86 bits per heavy atom. The van der Waals surface area contributed by atoms with E-state index in [-0.39, 0.29) is 12.3 Å². The minimum Gasteiger partial charge on any atom is -0.495 e. The fourth-order valence-corrected chi connectivity index (χ4v) is 4.11. The second-order valence-corrected chi connectivity index (χ2v) is 8.37. The Balaban J connectivity index is 1.68. The zero-order chi connectivity index (χ0) is 20.0. The highest BCUT2D eigenvalue weighted by Crippen LogP contribution is 2.29. The monoisotopic (exact) mass is 402 g/mol. The van der Waals surface area contributed by atoms with Crippen LogP contribution in [0.4, 0.5) is 11.5 Å². The Morgan fingerprint density at radius 1 is 1.14 bits per heavy atom. The number of ether oxygens (including phenoxy) is 1. The molecule has 1 aromatic heterocycles. The summed E-state index contributed by atoms with van der Waals surface area (Å²) in [5, 5.41) is 0. The molecule has 0 unspecified atom stereocenters. The van der Waals surface area contributed by atoms with Gasteiger partial charge in [-0.1, -0.05) is 24.3 Å². The Labute approximate surface area is 166 Å². The number of hydrogen-bond donors (Lipinski definition) is 1. The molecule has 0 spiro atoms. The van der Waals surface area contributed by atoms with Crippen LogP contribution in [-0.2, 0) is 16.6 Å². The normalized spacial score (nSPS) is 14.8. The van der Waals surface area contributed by atoms with E-state index in [0.717, 1.165) is 49.0 Å². The molecular weight excluding hydrogens is 376 g/mol. The first-order chi connectivity index (χ1) is 13.5. The average Bonchev–Trinajstić information content (AvgIpc) is 2.72. The summed E-state index contributed by atoms with van der Waals surface area (Å²) >= 11 is 0. The number of aromatic nitrogens is 1. The summed E-state index contributed by atoms with van der Waals surface area (Å²) in [6, 6.07) is 11.7. The summed E-state index contributed by atoms with van der Waals surface area (Å²) in [5.74, 6) is 1.59. The molecule has 0 radical (unpaired) electrons. The van der Waals surface area contributed by atoms with Gasteiger partial charge in [0.1, 0.15) is 11.6 Å². The minimum atomic E-state index is -3.37. The second kappa shape index (κ2) is 9.07. The maximum atomic E-state index is 11.9. The Bertz CT molecular complexity index is 909. The van der Waals surface area contributed by atoms with Gasteiger partial charge in [-0.15, -0.1) is 6.58 Å². The molecule has 0 bridgehead atoms.